The van der Waals surface area contributed by atoms with E-state index < -0.39 is 0 Å². The lowest BCUT2D eigenvalue weighted by molar-refractivity contribution is -0.122. The molecule has 64 valence electrons. The van der Waals surface area contributed by atoms with Crippen molar-refractivity contribution in [2.45, 2.75) is 25.4 Å². The van der Waals surface area contributed by atoms with Gasteiger partial charge in [0.15, 0.2) is 0 Å². The smallest absolute Gasteiger partial charge is 0.221 e. The second kappa shape index (κ2) is 3.69. The van der Waals surface area contributed by atoms with Crippen LogP contribution in [0.3, 0.4) is 0 Å². The fourth-order valence-electron chi connectivity index (χ4n) is 0.970. The Morgan fingerprint density at radius 2 is 2.45 bits per heavy atom. The van der Waals surface area contributed by atoms with Gasteiger partial charge in [0.2, 0.25) is 5.91 Å². The van der Waals surface area contributed by atoms with Gasteiger partial charge in [-0.3, -0.25) is 4.79 Å². The molecular formula is C7H15N3O. The molecule has 0 aromatic heterocycles. The van der Waals surface area contributed by atoms with Crippen LogP contribution in [0, 0.1) is 0 Å². The summed E-state index contributed by atoms with van der Waals surface area (Å²) < 4.78 is 0. The summed E-state index contributed by atoms with van der Waals surface area (Å²) in [5.41, 5.74) is 5.45. The molecular weight excluding hydrogens is 142 g/mol. The van der Waals surface area contributed by atoms with Crippen LogP contribution in [-0.4, -0.2) is 31.1 Å². The Hall–Kier alpha value is -0.610. The molecule has 4 nitrogen and oxygen atoms in total. The minimum atomic E-state index is -0.0389. The van der Waals surface area contributed by atoms with Gasteiger partial charge in [-0.1, -0.05) is 0 Å². The maximum absolute atomic E-state index is 11.0. The van der Waals surface area contributed by atoms with Crippen molar-refractivity contribution in [2.75, 3.05) is 13.1 Å². The molecule has 1 rings (SSSR count). The van der Waals surface area contributed by atoms with Crippen LogP contribution in [0.5, 0.6) is 0 Å². The zero-order valence-corrected chi connectivity index (χ0v) is 6.76. The second-order valence-electron chi connectivity index (χ2n) is 3.10. The van der Waals surface area contributed by atoms with Crippen molar-refractivity contribution < 1.29 is 4.79 Å². The Labute approximate surface area is 66.5 Å². The molecule has 0 saturated carbocycles. The Morgan fingerprint density at radius 1 is 1.82 bits per heavy atom. The molecule has 1 fully saturated rings. The zero-order chi connectivity index (χ0) is 8.27. The van der Waals surface area contributed by atoms with Crippen LogP contribution < -0.4 is 16.4 Å². The summed E-state index contributed by atoms with van der Waals surface area (Å²) in [6.07, 6.45) is 0.427. The first-order valence-corrected chi connectivity index (χ1v) is 3.94. The number of rotatable bonds is 3. The highest BCUT2D eigenvalue weighted by molar-refractivity contribution is 5.76. The van der Waals surface area contributed by atoms with Gasteiger partial charge in [0.05, 0.1) is 6.04 Å². The van der Waals surface area contributed by atoms with Gasteiger partial charge >= 0.3 is 0 Å². The van der Waals surface area contributed by atoms with Gasteiger partial charge in [0.25, 0.3) is 0 Å². The van der Waals surface area contributed by atoms with Crippen molar-refractivity contribution in [2.24, 2.45) is 5.73 Å². The molecule has 0 bridgehead atoms. The summed E-state index contributed by atoms with van der Waals surface area (Å²) in [5, 5.41) is 5.94. The Bertz CT molecular complexity index is 143. The fourth-order valence-corrected chi connectivity index (χ4v) is 0.970. The van der Waals surface area contributed by atoms with E-state index in [1.807, 2.05) is 6.92 Å². The number of carbonyl (C=O) groups excluding carboxylic acids is 1. The highest BCUT2D eigenvalue weighted by Gasteiger charge is 2.18. The van der Waals surface area contributed by atoms with Gasteiger partial charge in [0, 0.05) is 25.6 Å². The Balaban J connectivity index is 2.09. The average molecular weight is 157 g/mol. The molecule has 1 atom stereocenters. The molecule has 4 N–H and O–H groups in total. The first kappa shape index (κ1) is 8.49. The normalized spacial score (nSPS) is 20.5. The molecule has 0 aliphatic carbocycles. The quantitative estimate of drug-likeness (QED) is 0.482. The number of nitrogens with two attached hydrogens (primary N) is 1. The van der Waals surface area contributed by atoms with E-state index >= 15 is 0 Å². The van der Waals surface area contributed by atoms with Crippen LogP contribution in [0.2, 0.25) is 0 Å². The maximum atomic E-state index is 11.0. The third-order valence-electron chi connectivity index (χ3n) is 1.65. The van der Waals surface area contributed by atoms with Crippen LogP contribution >= 0.6 is 0 Å². The number of hydrogen-bond donors (Lipinski definition) is 3. The number of carbonyl (C=O) groups is 1. The molecule has 4 heteroatoms. The van der Waals surface area contributed by atoms with Crippen molar-refractivity contribution in [3.63, 3.8) is 0 Å². The molecule has 1 aliphatic rings. The first-order valence-electron chi connectivity index (χ1n) is 3.94. The summed E-state index contributed by atoms with van der Waals surface area (Å²) in [6.45, 7) is 3.62. The molecule has 11 heavy (non-hydrogen) atoms. The van der Waals surface area contributed by atoms with Gasteiger partial charge in [-0.15, -0.1) is 0 Å². The minimum absolute atomic E-state index is 0.0389. The highest BCUT2D eigenvalue weighted by Crippen LogP contribution is 1.93. The summed E-state index contributed by atoms with van der Waals surface area (Å²) in [4.78, 5) is 11.0. The van der Waals surface area contributed by atoms with E-state index in [-0.39, 0.29) is 11.9 Å². The zero-order valence-electron chi connectivity index (χ0n) is 6.76. The topological polar surface area (TPSA) is 67.2 Å². The molecule has 1 amide bonds. The van der Waals surface area contributed by atoms with E-state index in [4.69, 9.17) is 5.73 Å². The van der Waals surface area contributed by atoms with E-state index in [0.717, 1.165) is 13.1 Å². The second-order valence-corrected chi connectivity index (χ2v) is 3.10. The van der Waals surface area contributed by atoms with E-state index in [9.17, 15) is 4.79 Å². The SMILES string of the molecule is CC(N)CC(=O)NC1CNC1. The van der Waals surface area contributed by atoms with Gasteiger partial charge in [0.1, 0.15) is 0 Å². The van der Waals surface area contributed by atoms with E-state index in [2.05, 4.69) is 10.6 Å². The van der Waals surface area contributed by atoms with Crippen molar-refractivity contribution in [1.82, 2.24) is 10.6 Å². The highest BCUT2D eigenvalue weighted by atomic mass is 16.1. The van der Waals surface area contributed by atoms with Crippen LogP contribution in [-0.2, 0) is 4.79 Å². The van der Waals surface area contributed by atoms with Crippen molar-refractivity contribution in [3.05, 3.63) is 0 Å². The average Bonchev–Trinajstić information content (AvgIpc) is 1.77. The van der Waals surface area contributed by atoms with Gasteiger partial charge in [-0.05, 0) is 6.92 Å². The number of hydrogen-bond acceptors (Lipinski definition) is 3. The summed E-state index contributed by atoms with van der Waals surface area (Å²) in [6, 6.07) is 0.296. The van der Waals surface area contributed by atoms with Crippen LogP contribution in [0.25, 0.3) is 0 Å². The summed E-state index contributed by atoms with van der Waals surface area (Å²) in [5.74, 6) is 0.0616. The van der Waals surface area contributed by atoms with Gasteiger partial charge < -0.3 is 16.4 Å². The maximum Gasteiger partial charge on any atom is 0.221 e. The summed E-state index contributed by atoms with van der Waals surface area (Å²) >= 11 is 0. The predicted octanol–water partition coefficient (Wildman–Crippen LogP) is -1.19. The monoisotopic (exact) mass is 157 g/mol. The molecule has 1 unspecified atom stereocenters. The molecule has 1 heterocycles. The van der Waals surface area contributed by atoms with Crippen molar-refractivity contribution in [3.8, 4) is 0 Å². The molecule has 1 aliphatic heterocycles. The van der Waals surface area contributed by atoms with Crippen LogP contribution in [0.15, 0.2) is 0 Å². The van der Waals surface area contributed by atoms with Crippen LogP contribution in [0.4, 0.5) is 0 Å². The Kier molecular flexibility index (Phi) is 2.84. The van der Waals surface area contributed by atoms with Crippen molar-refractivity contribution >= 4 is 5.91 Å². The van der Waals surface area contributed by atoms with E-state index in [1.165, 1.54) is 0 Å². The Morgan fingerprint density at radius 3 is 2.82 bits per heavy atom. The lowest BCUT2D eigenvalue weighted by atomic mass is 10.1. The largest absolute Gasteiger partial charge is 0.351 e. The third-order valence-corrected chi connectivity index (χ3v) is 1.65. The standard InChI is InChI=1S/C7H15N3O/c1-5(8)2-7(11)10-6-3-9-4-6/h5-6,9H,2-4,8H2,1H3,(H,10,11). The predicted molar refractivity (Wildman–Crippen MR) is 43.1 cm³/mol. The fraction of sp³-hybridized carbons (Fsp3) is 0.857. The number of amides is 1. The van der Waals surface area contributed by atoms with Gasteiger partial charge in [-0.25, -0.2) is 0 Å². The van der Waals surface area contributed by atoms with Crippen molar-refractivity contribution in [1.29, 1.82) is 0 Å². The van der Waals surface area contributed by atoms with Crippen LogP contribution in [0.1, 0.15) is 13.3 Å². The lowest BCUT2D eigenvalue weighted by Gasteiger charge is -2.28. The molecule has 0 aromatic carbocycles. The molecule has 0 radical (unpaired) electrons. The number of nitrogens with one attached hydrogen (secondary N) is 2. The van der Waals surface area contributed by atoms with E-state index in [0.29, 0.717) is 12.5 Å². The van der Waals surface area contributed by atoms with Gasteiger partial charge in [-0.2, -0.15) is 0 Å². The minimum Gasteiger partial charge on any atom is -0.351 e. The lowest BCUT2D eigenvalue weighted by Crippen LogP contribution is -2.57. The van der Waals surface area contributed by atoms with E-state index in [1.54, 1.807) is 0 Å². The third kappa shape index (κ3) is 2.86. The first-order chi connectivity index (χ1) is 5.18. The molecule has 1 saturated heterocycles. The molecule has 0 aromatic rings. The molecule has 0 spiro atoms. The summed E-state index contributed by atoms with van der Waals surface area (Å²) in [7, 11) is 0.